The summed E-state index contributed by atoms with van der Waals surface area (Å²) in [6, 6.07) is 14.0. The number of amides is 1. The number of carboxylic acid groups (broad SMARTS) is 1. The van der Waals surface area contributed by atoms with Gasteiger partial charge in [-0.1, -0.05) is 37.6 Å². The molecule has 9 nitrogen and oxygen atoms in total. The van der Waals surface area contributed by atoms with Gasteiger partial charge in [0, 0.05) is 49.1 Å². The van der Waals surface area contributed by atoms with Gasteiger partial charge in [-0.3, -0.25) is 14.5 Å². The number of benzene rings is 2. The molecule has 1 unspecified atom stereocenters. The average Bonchev–Trinajstić information content (AvgIpc) is 3.71. The highest BCUT2D eigenvalue weighted by Crippen LogP contribution is 2.41. The summed E-state index contributed by atoms with van der Waals surface area (Å²) in [5.41, 5.74) is 4.18. The second kappa shape index (κ2) is 13.3. The van der Waals surface area contributed by atoms with E-state index in [2.05, 4.69) is 56.1 Å². The van der Waals surface area contributed by atoms with Crippen LogP contribution in [0.3, 0.4) is 0 Å². The fourth-order valence-electron chi connectivity index (χ4n) is 6.62. The van der Waals surface area contributed by atoms with Crippen LogP contribution in [0.1, 0.15) is 54.7 Å². The summed E-state index contributed by atoms with van der Waals surface area (Å²) in [5, 5.41) is 10.6. The van der Waals surface area contributed by atoms with Gasteiger partial charge in [-0.15, -0.1) is 0 Å². The number of hydrogen-bond donors (Lipinski definition) is 1. The highest BCUT2D eigenvalue weighted by molar-refractivity contribution is 5.95. The highest BCUT2D eigenvalue weighted by Gasteiger charge is 2.47. The average molecular weight is 590 g/mol. The predicted molar refractivity (Wildman–Crippen MR) is 165 cm³/mol. The van der Waals surface area contributed by atoms with Crippen LogP contribution in [0.2, 0.25) is 0 Å². The molecule has 1 N–H and O–H groups in total. The Balaban J connectivity index is 1.43. The Morgan fingerprint density at radius 1 is 1.16 bits per heavy atom. The third-order valence-electron chi connectivity index (χ3n) is 8.57. The molecule has 2 aliphatic heterocycles. The number of nitrogens with zero attached hydrogens (tertiary/aromatic N) is 4. The number of likely N-dealkylation sites (tertiary alicyclic amines) is 1. The van der Waals surface area contributed by atoms with Crippen molar-refractivity contribution in [1.82, 2.24) is 9.88 Å². The van der Waals surface area contributed by atoms with Gasteiger partial charge in [-0.2, -0.15) is 0 Å². The van der Waals surface area contributed by atoms with E-state index in [1.54, 1.807) is 6.20 Å². The molecule has 1 amide bonds. The summed E-state index contributed by atoms with van der Waals surface area (Å²) in [6.07, 6.45) is 6.85. The number of aromatic nitrogens is 1. The van der Waals surface area contributed by atoms with Gasteiger partial charge in [-0.05, 0) is 42.2 Å². The summed E-state index contributed by atoms with van der Waals surface area (Å²) in [4.78, 5) is 35.3. The molecule has 43 heavy (non-hydrogen) atoms. The fourth-order valence-corrected chi connectivity index (χ4v) is 6.62. The first-order valence-electron chi connectivity index (χ1n) is 15.4. The summed E-state index contributed by atoms with van der Waals surface area (Å²) >= 11 is 0. The van der Waals surface area contributed by atoms with Gasteiger partial charge in [-0.25, -0.2) is 4.98 Å². The molecule has 3 atom stereocenters. The molecule has 230 valence electrons. The largest absolute Gasteiger partial charge is 0.493 e. The molecule has 0 bridgehead atoms. The molecular formula is C34H45N4O5+. The van der Waals surface area contributed by atoms with Crippen molar-refractivity contribution < 1.29 is 28.3 Å². The zero-order valence-corrected chi connectivity index (χ0v) is 25.9. The fraction of sp³-hybridized carbons (Fsp3) is 0.500. The monoisotopic (exact) mass is 589 g/mol. The van der Waals surface area contributed by atoms with Gasteiger partial charge in [0.05, 0.1) is 46.4 Å². The van der Waals surface area contributed by atoms with E-state index in [-0.39, 0.29) is 24.4 Å². The number of oxazole rings is 1. The maximum absolute atomic E-state index is 14.1. The highest BCUT2D eigenvalue weighted by atomic mass is 16.5. The van der Waals surface area contributed by atoms with Crippen molar-refractivity contribution in [3.8, 4) is 5.75 Å². The number of rotatable bonds is 13. The molecule has 0 spiro atoms. The van der Waals surface area contributed by atoms with Crippen molar-refractivity contribution >= 4 is 17.6 Å². The van der Waals surface area contributed by atoms with E-state index in [4.69, 9.17) is 9.15 Å². The van der Waals surface area contributed by atoms with Gasteiger partial charge in [0.2, 0.25) is 5.91 Å². The number of aliphatic carboxylic acids is 1. The minimum absolute atomic E-state index is 0.0101. The van der Waals surface area contributed by atoms with E-state index in [0.717, 1.165) is 52.9 Å². The lowest BCUT2D eigenvalue weighted by atomic mass is 9.83. The van der Waals surface area contributed by atoms with Crippen LogP contribution >= 0.6 is 0 Å². The number of fused-ring (bicyclic) bond motifs is 1. The third kappa shape index (κ3) is 7.46. The van der Waals surface area contributed by atoms with Crippen molar-refractivity contribution in [1.29, 1.82) is 0 Å². The Morgan fingerprint density at radius 2 is 2.00 bits per heavy atom. The van der Waals surface area contributed by atoms with Crippen molar-refractivity contribution in [3.63, 3.8) is 0 Å². The van der Waals surface area contributed by atoms with Crippen molar-refractivity contribution in [3.05, 3.63) is 77.5 Å². The third-order valence-corrected chi connectivity index (χ3v) is 8.57. The lowest BCUT2D eigenvalue weighted by Crippen LogP contribution is -2.44. The van der Waals surface area contributed by atoms with Crippen molar-refractivity contribution in [2.75, 3.05) is 52.3 Å². The van der Waals surface area contributed by atoms with E-state index >= 15 is 0 Å². The Morgan fingerprint density at radius 3 is 2.72 bits per heavy atom. The number of aryl methyl sites for hydroxylation is 1. The van der Waals surface area contributed by atoms with Crippen LogP contribution in [0.25, 0.3) is 0 Å². The summed E-state index contributed by atoms with van der Waals surface area (Å²) in [6.45, 7) is 4.88. The van der Waals surface area contributed by atoms with Crippen LogP contribution in [-0.4, -0.2) is 84.8 Å². The second-order valence-electron chi connectivity index (χ2n) is 12.9. The summed E-state index contributed by atoms with van der Waals surface area (Å²) in [5.74, 6) is -0.316. The minimum Gasteiger partial charge on any atom is -0.493 e. The van der Waals surface area contributed by atoms with Gasteiger partial charge < -0.3 is 23.6 Å². The smallest absolute Gasteiger partial charge is 0.308 e. The first-order valence-corrected chi connectivity index (χ1v) is 15.4. The van der Waals surface area contributed by atoms with Crippen LogP contribution in [0.4, 0.5) is 5.69 Å². The maximum atomic E-state index is 14.1. The number of ether oxygens (including phenoxy) is 1. The van der Waals surface area contributed by atoms with E-state index in [9.17, 15) is 14.7 Å². The Bertz CT molecular complexity index is 1400. The Labute approximate surface area is 254 Å². The molecule has 9 heteroatoms. The van der Waals surface area contributed by atoms with Crippen molar-refractivity contribution in [2.24, 2.45) is 5.92 Å². The molecule has 0 radical (unpaired) electrons. The second-order valence-corrected chi connectivity index (χ2v) is 12.9. The Kier molecular flexibility index (Phi) is 9.52. The first-order chi connectivity index (χ1) is 20.6. The SMILES string of the molecule is CCCCN(C(=O)CN1C[C@H](c2ccc3c(c2)CCO3)C(C(=O)O)[C@@H]1CCc1ncco1)c1cccc(C[N+](C)(C)C)c1. The molecule has 1 aromatic heterocycles. The topological polar surface area (TPSA) is 96.1 Å². The molecule has 0 saturated carbocycles. The van der Waals surface area contributed by atoms with Crippen LogP contribution in [0, 0.1) is 5.92 Å². The number of carbonyl (C=O) groups is 2. The zero-order valence-electron chi connectivity index (χ0n) is 25.9. The van der Waals surface area contributed by atoms with E-state index < -0.39 is 11.9 Å². The van der Waals surface area contributed by atoms with Gasteiger partial charge in [0.15, 0.2) is 5.89 Å². The molecule has 2 aromatic carbocycles. The van der Waals surface area contributed by atoms with E-state index in [0.29, 0.717) is 38.4 Å². The number of carbonyl (C=O) groups excluding carboxylic acids is 1. The number of unbranched alkanes of at least 4 members (excludes halogenated alkanes) is 1. The van der Waals surface area contributed by atoms with Crippen LogP contribution in [-0.2, 0) is 29.0 Å². The minimum atomic E-state index is -0.843. The van der Waals surface area contributed by atoms with E-state index in [1.807, 2.05) is 29.2 Å². The number of hydrogen-bond acceptors (Lipinski definition) is 6. The molecule has 0 aliphatic carbocycles. The van der Waals surface area contributed by atoms with Gasteiger partial charge in [0.25, 0.3) is 0 Å². The number of carboxylic acids is 1. The summed E-state index contributed by atoms with van der Waals surface area (Å²) in [7, 11) is 6.46. The van der Waals surface area contributed by atoms with Gasteiger partial charge >= 0.3 is 5.97 Å². The predicted octanol–water partition coefficient (Wildman–Crippen LogP) is 4.75. The zero-order chi connectivity index (χ0) is 30.6. The molecular weight excluding hydrogens is 544 g/mol. The molecule has 1 fully saturated rings. The maximum Gasteiger partial charge on any atom is 0.308 e. The van der Waals surface area contributed by atoms with E-state index in [1.165, 1.54) is 11.8 Å². The van der Waals surface area contributed by atoms with Crippen LogP contribution in [0.5, 0.6) is 5.75 Å². The van der Waals surface area contributed by atoms with Crippen molar-refractivity contribution in [2.45, 2.75) is 57.5 Å². The first kappa shape index (κ1) is 30.8. The van der Waals surface area contributed by atoms with Crippen LogP contribution < -0.4 is 9.64 Å². The van der Waals surface area contributed by atoms with Gasteiger partial charge in [0.1, 0.15) is 18.6 Å². The standard InChI is InChI=1S/C34H44N4O5/c1-5-6-16-37(27-9-7-8-24(19-27)23-38(2,3)4)32(39)22-36-21-28(25-10-12-30-26(20-25)14-17-42-30)33(34(40)41)29(36)11-13-31-35-15-18-43-31/h7-10,12,15,18-20,28-29,33H,5-6,11,13-14,16-17,21-23H2,1-4H3/p+1/t28-,29+,33?/m1/s1. The number of anilines is 1. The molecule has 2 aliphatic rings. The summed E-state index contributed by atoms with van der Waals surface area (Å²) < 4.78 is 12.0. The normalized spacial score (nSPS) is 20.1. The Hall–Kier alpha value is -3.69. The molecule has 3 aromatic rings. The quantitative estimate of drug-likeness (QED) is 0.288. The lowest BCUT2D eigenvalue weighted by Gasteiger charge is -2.30. The lowest BCUT2D eigenvalue weighted by molar-refractivity contribution is -0.884. The molecule has 1 saturated heterocycles. The molecule has 5 rings (SSSR count). The molecule has 3 heterocycles. The number of quaternary nitrogens is 1. The van der Waals surface area contributed by atoms with Crippen LogP contribution in [0.15, 0.2) is 59.3 Å².